The van der Waals surface area contributed by atoms with Crippen LogP contribution in [0.2, 0.25) is 0 Å². The van der Waals surface area contributed by atoms with Crippen LogP contribution in [-0.4, -0.2) is 70.1 Å². The minimum Gasteiger partial charge on any atom is -0.497 e. The van der Waals surface area contributed by atoms with Gasteiger partial charge in [0.05, 0.1) is 19.7 Å². The van der Waals surface area contributed by atoms with Gasteiger partial charge in [-0.2, -0.15) is 13.2 Å². The molecule has 2 rings (SSSR count). The quantitative estimate of drug-likeness (QED) is 0.320. The molecule has 9 heteroatoms. The highest BCUT2D eigenvalue weighted by molar-refractivity contribution is 5.79. The molecule has 6 nitrogen and oxygen atoms in total. The van der Waals surface area contributed by atoms with E-state index in [9.17, 15) is 13.2 Å². The third-order valence-corrected chi connectivity index (χ3v) is 4.85. The van der Waals surface area contributed by atoms with Gasteiger partial charge in [0.2, 0.25) is 0 Å². The Morgan fingerprint density at radius 3 is 2.67 bits per heavy atom. The second kappa shape index (κ2) is 12.6. The molecule has 1 unspecified atom stereocenters. The summed E-state index contributed by atoms with van der Waals surface area (Å²) in [5, 5.41) is 6.37. The number of ether oxygens (including phenoxy) is 2. The van der Waals surface area contributed by atoms with Gasteiger partial charge in [-0.25, -0.2) is 0 Å². The summed E-state index contributed by atoms with van der Waals surface area (Å²) < 4.78 is 46.3. The van der Waals surface area contributed by atoms with Gasteiger partial charge in [0, 0.05) is 19.7 Å². The van der Waals surface area contributed by atoms with Crippen molar-refractivity contribution in [3.05, 3.63) is 29.8 Å². The standard InChI is InChI=1S/C21H33F3N4O2/c1-3-25-20(26-10-7-13-30-16-21(22,23)24)27-15-19(28-11-4-5-12-28)17-8-6-9-18(14-17)29-2/h6,8-9,14,19H,3-5,7,10-13,15-16H2,1-2H3,(H2,25,26,27). The molecule has 1 fully saturated rings. The summed E-state index contributed by atoms with van der Waals surface area (Å²) in [4.78, 5) is 7.18. The smallest absolute Gasteiger partial charge is 0.411 e. The fourth-order valence-corrected chi connectivity index (χ4v) is 3.42. The maximum Gasteiger partial charge on any atom is 0.411 e. The van der Waals surface area contributed by atoms with E-state index in [1.54, 1.807) is 7.11 Å². The first kappa shape index (κ1) is 24.3. The Balaban J connectivity index is 1.94. The maximum atomic E-state index is 12.1. The molecule has 1 aromatic carbocycles. The Kier molecular flexibility index (Phi) is 10.2. The monoisotopic (exact) mass is 430 g/mol. The van der Waals surface area contributed by atoms with Crippen molar-refractivity contribution in [2.24, 2.45) is 4.99 Å². The van der Waals surface area contributed by atoms with E-state index in [0.717, 1.165) is 24.4 Å². The molecular formula is C21H33F3N4O2. The van der Waals surface area contributed by atoms with E-state index in [-0.39, 0.29) is 12.6 Å². The second-order valence-corrected chi connectivity index (χ2v) is 7.20. The molecule has 0 radical (unpaired) electrons. The number of hydrogen-bond acceptors (Lipinski definition) is 4. The van der Waals surface area contributed by atoms with Crippen molar-refractivity contribution >= 4 is 5.96 Å². The summed E-state index contributed by atoms with van der Waals surface area (Å²) >= 11 is 0. The van der Waals surface area contributed by atoms with Crippen molar-refractivity contribution in [2.75, 3.05) is 53.0 Å². The highest BCUT2D eigenvalue weighted by atomic mass is 19.4. The summed E-state index contributed by atoms with van der Waals surface area (Å²) in [6.07, 6.45) is -1.46. The summed E-state index contributed by atoms with van der Waals surface area (Å²) in [6.45, 7) is 4.65. The van der Waals surface area contributed by atoms with E-state index in [0.29, 0.717) is 32.0 Å². The summed E-state index contributed by atoms with van der Waals surface area (Å²) in [7, 11) is 1.66. The molecule has 1 atom stereocenters. The van der Waals surface area contributed by atoms with Crippen LogP contribution in [0.5, 0.6) is 5.75 Å². The van der Waals surface area contributed by atoms with E-state index >= 15 is 0 Å². The Morgan fingerprint density at radius 2 is 2.00 bits per heavy atom. The van der Waals surface area contributed by atoms with Crippen LogP contribution in [0.3, 0.4) is 0 Å². The fourth-order valence-electron chi connectivity index (χ4n) is 3.42. The van der Waals surface area contributed by atoms with Crippen LogP contribution in [0.1, 0.15) is 37.8 Å². The van der Waals surface area contributed by atoms with E-state index in [1.165, 1.54) is 12.8 Å². The largest absolute Gasteiger partial charge is 0.497 e. The number of guanidine groups is 1. The Hall–Kier alpha value is -2.00. The van der Waals surface area contributed by atoms with E-state index in [1.807, 2.05) is 19.1 Å². The predicted octanol–water partition coefficient (Wildman–Crippen LogP) is 3.36. The van der Waals surface area contributed by atoms with E-state index < -0.39 is 12.8 Å². The summed E-state index contributed by atoms with van der Waals surface area (Å²) in [5.74, 6) is 1.48. The average Bonchev–Trinajstić information content (AvgIpc) is 3.24. The third-order valence-electron chi connectivity index (χ3n) is 4.85. The van der Waals surface area contributed by atoms with E-state index in [4.69, 9.17) is 9.73 Å². The Morgan fingerprint density at radius 1 is 1.23 bits per heavy atom. The molecule has 1 aliphatic rings. The van der Waals surface area contributed by atoms with Crippen LogP contribution >= 0.6 is 0 Å². The minimum atomic E-state index is -4.28. The lowest BCUT2D eigenvalue weighted by atomic mass is 10.1. The number of hydrogen-bond donors (Lipinski definition) is 2. The van der Waals surface area contributed by atoms with Crippen molar-refractivity contribution in [1.29, 1.82) is 0 Å². The molecule has 0 aromatic heterocycles. The van der Waals surface area contributed by atoms with Gasteiger partial charge in [0.15, 0.2) is 5.96 Å². The number of alkyl halides is 3. The molecule has 0 amide bonds. The highest BCUT2D eigenvalue weighted by Crippen LogP contribution is 2.27. The van der Waals surface area contributed by atoms with Gasteiger partial charge in [0.25, 0.3) is 0 Å². The molecule has 1 aromatic rings. The first-order chi connectivity index (χ1) is 14.4. The van der Waals surface area contributed by atoms with Crippen LogP contribution in [-0.2, 0) is 4.74 Å². The molecule has 0 spiro atoms. The van der Waals surface area contributed by atoms with Gasteiger partial charge in [-0.15, -0.1) is 0 Å². The van der Waals surface area contributed by atoms with Crippen LogP contribution in [0.15, 0.2) is 29.3 Å². The lowest BCUT2D eigenvalue weighted by Crippen LogP contribution is -2.39. The van der Waals surface area contributed by atoms with Gasteiger partial charge in [-0.3, -0.25) is 9.89 Å². The summed E-state index contributed by atoms with van der Waals surface area (Å²) in [5.41, 5.74) is 1.16. The number of halogens is 3. The molecule has 0 aliphatic carbocycles. The predicted molar refractivity (Wildman–Crippen MR) is 112 cm³/mol. The zero-order chi connectivity index (χ0) is 21.8. The van der Waals surface area contributed by atoms with Crippen LogP contribution in [0.4, 0.5) is 13.2 Å². The topological polar surface area (TPSA) is 58.1 Å². The fraction of sp³-hybridized carbons (Fsp3) is 0.667. The zero-order valence-corrected chi connectivity index (χ0v) is 17.8. The number of aliphatic imine (C=N–C) groups is 1. The molecular weight excluding hydrogens is 397 g/mol. The van der Waals surface area contributed by atoms with Gasteiger partial charge in [-0.05, 0) is 57.0 Å². The van der Waals surface area contributed by atoms with Crippen molar-refractivity contribution in [1.82, 2.24) is 15.5 Å². The first-order valence-corrected chi connectivity index (χ1v) is 10.5. The van der Waals surface area contributed by atoms with Crippen LogP contribution < -0.4 is 15.4 Å². The van der Waals surface area contributed by atoms with Crippen molar-refractivity contribution in [3.63, 3.8) is 0 Å². The number of benzene rings is 1. The lowest BCUT2D eigenvalue weighted by Gasteiger charge is -2.27. The van der Waals surface area contributed by atoms with Gasteiger partial charge in [0.1, 0.15) is 12.4 Å². The first-order valence-electron chi connectivity index (χ1n) is 10.5. The zero-order valence-electron chi connectivity index (χ0n) is 17.8. The Bertz CT molecular complexity index is 649. The number of likely N-dealkylation sites (tertiary alicyclic amines) is 1. The molecule has 1 aliphatic heterocycles. The third kappa shape index (κ3) is 8.79. The van der Waals surface area contributed by atoms with Crippen LogP contribution in [0, 0.1) is 0 Å². The molecule has 2 N–H and O–H groups in total. The molecule has 1 heterocycles. The molecule has 0 saturated carbocycles. The number of rotatable bonds is 11. The molecule has 170 valence electrons. The normalized spacial score (nSPS) is 16.5. The highest BCUT2D eigenvalue weighted by Gasteiger charge is 2.27. The van der Waals surface area contributed by atoms with Crippen LogP contribution in [0.25, 0.3) is 0 Å². The molecule has 30 heavy (non-hydrogen) atoms. The van der Waals surface area contributed by atoms with Gasteiger partial charge >= 0.3 is 6.18 Å². The van der Waals surface area contributed by atoms with Crippen molar-refractivity contribution < 1.29 is 22.6 Å². The van der Waals surface area contributed by atoms with Crippen molar-refractivity contribution in [2.45, 2.75) is 38.4 Å². The van der Waals surface area contributed by atoms with Gasteiger partial charge < -0.3 is 20.1 Å². The van der Waals surface area contributed by atoms with Gasteiger partial charge in [-0.1, -0.05) is 12.1 Å². The SMILES string of the molecule is CCNC(=NCC(c1cccc(OC)c1)N1CCCC1)NCCCOCC(F)(F)F. The average molecular weight is 431 g/mol. The number of nitrogens with one attached hydrogen (secondary N) is 2. The molecule has 1 saturated heterocycles. The molecule has 0 bridgehead atoms. The van der Waals surface area contributed by atoms with Crippen molar-refractivity contribution in [3.8, 4) is 5.75 Å². The minimum absolute atomic E-state index is 0.0477. The Labute approximate surface area is 176 Å². The summed E-state index contributed by atoms with van der Waals surface area (Å²) in [6, 6.07) is 8.22. The number of nitrogens with zero attached hydrogens (tertiary/aromatic N) is 2. The second-order valence-electron chi connectivity index (χ2n) is 7.20. The van der Waals surface area contributed by atoms with E-state index in [2.05, 4.69) is 32.4 Å². The maximum absolute atomic E-state index is 12.1. The number of methoxy groups -OCH3 is 1. The lowest BCUT2D eigenvalue weighted by molar-refractivity contribution is -0.173.